The molecule has 0 aromatic carbocycles. The van der Waals surface area contributed by atoms with Crippen LogP contribution in [0.25, 0.3) is 0 Å². The van der Waals surface area contributed by atoms with Crippen molar-refractivity contribution < 1.29 is 74.8 Å². The van der Waals surface area contributed by atoms with Crippen molar-refractivity contribution in [3.63, 3.8) is 0 Å². The van der Waals surface area contributed by atoms with Gasteiger partial charge in [-0.15, -0.1) is 0 Å². The van der Waals surface area contributed by atoms with E-state index in [9.17, 15) is 55.9 Å². The number of carboxylic acid groups (broad SMARTS) is 1. The maximum atomic E-state index is 13.8. The summed E-state index contributed by atoms with van der Waals surface area (Å²) in [6, 6.07) is 0. The predicted octanol–water partition coefficient (Wildman–Crippen LogP) is 0.434. The smallest absolute Gasteiger partial charge is 0.313 e. The summed E-state index contributed by atoms with van der Waals surface area (Å²) >= 11 is 0. The van der Waals surface area contributed by atoms with Crippen molar-refractivity contribution in [2.75, 3.05) is 13.2 Å². The molecule has 0 unspecified atom stereocenters. The number of rotatable bonds is 6. The molecule has 0 aromatic heterocycles. The standard InChI is InChI=1S/C41H66O15/c1-36(2)12-19-18-8-9-24-38(5)13-20(43)32(56-34-31(50)29(48)28(47)22(16-42)54-34)37(3,4)23(38)10-11-39(24,6)40(18,7)15-26(41(19,35(51)52)14-25(36)45)55-33-30(49)27(46)21(44)17-53-33/h8,19-34,42-50H,9-17H2,1-7H3,(H,51,52)/t19-,20-,21+,22+,23-,24+,25-,26-,27-,28+,29-,30+,31+,32-,33-,34-,38-,39+,40+,41+/m0/s1. The van der Waals surface area contributed by atoms with E-state index in [4.69, 9.17) is 18.9 Å². The molecule has 56 heavy (non-hydrogen) atoms. The average Bonchev–Trinajstić information content (AvgIpc) is 3.11. The number of hydrogen-bond acceptors (Lipinski definition) is 14. The van der Waals surface area contributed by atoms with Crippen molar-refractivity contribution in [1.29, 1.82) is 0 Å². The molecule has 15 heteroatoms. The Hall–Kier alpha value is -1.31. The molecule has 0 amide bonds. The Kier molecular flexibility index (Phi) is 10.8. The number of carboxylic acids is 1. The number of aliphatic carboxylic acids is 1. The van der Waals surface area contributed by atoms with Gasteiger partial charge >= 0.3 is 5.97 Å². The van der Waals surface area contributed by atoms with Crippen LogP contribution < -0.4 is 0 Å². The van der Waals surface area contributed by atoms with Crippen LogP contribution in [0.3, 0.4) is 0 Å². The van der Waals surface area contributed by atoms with Crippen molar-refractivity contribution >= 4 is 5.97 Å². The van der Waals surface area contributed by atoms with E-state index in [0.29, 0.717) is 19.3 Å². The van der Waals surface area contributed by atoms with E-state index < -0.39 is 131 Å². The highest BCUT2D eigenvalue weighted by atomic mass is 16.7. The van der Waals surface area contributed by atoms with E-state index in [1.807, 2.05) is 27.7 Å². The minimum absolute atomic E-state index is 0.00104. The number of fused-ring (bicyclic) bond motifs is 7. The monoisotopic (exact) mass is 798 g/mol. The lowest BCUT2D eigenvalue weighted by atomic mass is 9.33. The number of hydrogen-bond donors (Lipinski definition) is 10. The van der Waals surface area contributed by atoms with E-state index in [0.717, 1.165) is 18.4 Å². The summed E-state index contributed by atoms with van der Waals surface area (Å²) in [4.78, 5) is 13.8. The molecule has 320 valence electrons. The van der Waals surface area contributed by atoms with Crippen molar-refractivity contribution in [2.45, 2.75) is 173 Å². The molecule has 7 rings (SSSR count). The lowest BCUT2D eigenvalue weighted by Gasteiger charge is -2.72. The Labute approximate surface area is 328 Å². The van der Waals surface area contributed by atoms with Crippen molar-refractivity contribution in [3.05, 3.63) is 11.6 Å². The number of carbonyl (C=O) groups is 1. The Balaban J connectivity index is 1.25. The number of aliphatic hydroxyl groups is 9. The molecule has 2 saturated heterocycles. The van der Waals surface area contributed by atoms with Gasteiger partial charge in [0, 0.05) is 0 Å². The summed E-state index contributed by atoms with van der Waals surface area (Å²) in [5, 5.41) is 108. The normalized spacial score (nSPS) is 55.1. The molecule has 20 atom stereocenters. The van der Waals surface area contributed by atoms with Gasteiger partial charge in [0.15, 0.2) is 12.6 Å². The maximum Gasteiger partial charge on any atom is 0.313 e. The lowest BCUT2D eigenvalue weighted by molar-refractivity contribution is -0.342. The van der Waals surface area contributed by atoms with Crippen LogP contribution in [0, 0.1) is 50.2 Å². The highest BCUT2D eigenvalue weighted by Gasteiger charge is 2.73. The molecule has 15 nitrogen and oxygen atoms in total. The van der Waals surface area contributed by atoms with E-state index in [1.165, 1.54) is 0 Å². The van der Waals surface area contributed by atoms with Gasteiger partial charge in [0.25, 0.3) is 0 Å². The highest BCUT2D eigenvalue weighted by molar-refractivity contribution is 5.78. The second-order valence-electron chi connectivity index (χ2n) is 20.5. The van der Waals surface area contributed by atoms with Crippen LogP contribution >= 0.6 is 0 Å². The zero-order chi connectivity index (χ0) is 41.3. The van der Waals surface area contributed by atoms with E-state index in [1.54, 1.807) is 0 Å². The Morgan fingerprint density at radius 3 is 2.09 bits per heavy atom. The van der Waals surface area contributed by atoms with E-state index >= 15 is 0 Å². The van der Waals surface area contributed by atoms with Crippen LogP contribution in [0.15, 0.2) is 11.6 Å². The largest absolute Gasteiger partial charge is 0.481 e. The van der Waals surface area contributed by atoms with Gasteiger partial charge in [-0.25, -0.2) is 0 Å². The zero-order valence-corrected chi connectivity index (χ0v) is 33.7. The molecule has 5 aliphatic carbocycles. The second kappa shape index (κ2) is 14.1. The first-order valence-corrected chi connectivity index (χ1v) is 20.5. The third-order valence-electron chi connectivity index (χ3n) is 17.0. The summed E-state index contributed by atoms with van der Waals surface area (Å²) in [6.45, 7) is 13.7. The van der Waals surface area contributed by atoms with Gasteiger partial charge in [-0.3, -0.25) is 4.79 Å². The number of ether oxygens (including phenoxy) is 4. The Bertz CT molecular complexity index is 1540. The number of aliphatic hydroxyl groups excluding tert-OH is 9. The number of allylic oxidation sites excluding steroid dienone is 2. The fourth-order valence-electron chi connectivity index (χ4n) is 13.6. The zero-order valence-electron chi connectivity index (χ0n) is 33.7. The van der Waals surface area contributed by atoms with Gasteiger partial charge in [-0.1, -0.05) is 60.1 Å². The summed E-state index contributed by atoms with van der Waals surface area (Å²) in [6.07, 6.45) is -12.0. The Morgan fingerprint density at radius 2 is 1.45 bits per heavy atom. The second-order valence-corrected chi connectivity index (χ2v) is 20.5. The summed E-state index contributed by atoms with van der Waals surface area (Å²) < 4.78 is 24.3. The summed E-state index contributed by atoms with van der Waals surface area (Å²) in [5.74, 6) is -1.65. The molecule has 2 aliphatic heterocycles. The summed E-state index contributed by atoms with van der Waals surface area (Å²) in [5.41, 5.74) is -3.41. The quantitative estimate of drug-likeness (QED) is 0.129. The highest BCUT2D eigenvalue weighted by Crippen LogP contribution is 2.76. The van der Waals surface area contributed by atoms with Crippen LogP contribution in [-0.4, -0.2) is 150 Å². The molecule has 10 N–H and O–H groups in total. The first kappa shape index (κ1) is 42.8. The third-order valence-corrected chi connectivity index (χ3v) is 17.0. The molecule has 0 aromatic rings. The molecule has 2 heterocycles. The average molecular weight is 799 g/mol. The predicted molar refractivity (Wildman–Crippen MR) is 196 cm³/mol. The molecule has 0 bridgehead atoms. The lowest BCUT2D eigenvalue weighted by Crippen LogP contribution is -2.70. The minimum atomic E-state index is -1.63. The van der Waals surface area contributed by atoms with Crippen LogP contribution in [0.2, 0.25) is 0 Å². The molecular weight excluding hydrogens is 732 g/mol. The fraction of sp³-hybridized carbons (Fsp3) is 0.927. The summed E-state index contributed by atoms with van der Waals surface area (Å²) in [7, 11) is 0. The molecule has 6 fully saturated rings. The topological polar surface area (TPSA) is 256 Å². The van der Waals surface area contributed by atoms with Gasteiger partial charge < -0.3 is 70.0 Å². The van der Waals surface area contributed by atoms with E-state index in [-0.39, 0.29) is 31.3 Å². The van der Waals surface area contributed by atoms with E-state index in [2.05, 4.69) is 26.8 Å². The van der Waals surface area contributed by atoms with Gasteiger partial charge in [0.2, 0.25) is 0 Å². The van der Waals surface area contributed by atoms with Crippen LogP contribution in [-0.2, 0) is 23.7 Å². The SMILES string of the molecule is CC1(C)C[C@H]2C3=CC[C@@H]4[C@@]5(C)C[C@H](O)[C@H](O[C@@H]6O[C@H](CO)[C@@H](O)[C@H](O)[C@H]6O)C(C)(C)[C@@H]5CC[C@@]4(C)[C@]3(C)C[C@H](O[C@@H]3OC[C@@H](O)[C@H](O)[C@H]3O)[C@@]2(C(=O)O)C[C@@H]1O. The molecule has 0 radical (unpaired) electrons. The van der Waals surface area contributed by atoms with Crippen molar-refractivity contribution in [1.82, 2.24) is 0 Å². The van der Waals surface area contributed by atoms with Crippen LogP contribution in [0.4, 0.5) is 0 Å². The first-order chi connectivity index (χ1) is 25.9. The molecular formula is C41H66O15. The van der Waals surface area contributed by atoms with Crippen molar-refractivity contribution in [2.24, 2.45) is 50.2 Å². The van der Waals surface area contributed by atoms with Gasteiger partial charge in [-0.05, 0) is 89.8 Å². The van der Waals surface area contributed by atoms with Gasteiger partial charge in [-0.2, -0.15) is 0 Å². The molecule has 0 spiro atoms. The van der Waals surface area contributed by atoms with Gasteiger partial charge in [0.1, 0.15) is 48.1 Å². The minimum Gasteiger partial charge on any atom is -0.481 e. The Morgan fingerprint density at radius 1 is 0.786 bits per heavy atom. The van der Waals surface area contributed by atoms with Crippen LogP contribution in [0.1, 0.15) is 93.4 Å². The fourth-order valence-corrected chi connectivity index (χ4v) is 13.6. The van der Waals surface area contributed by atoms with Crippen molar-refractivity contribution in [3.8, 4) is 0 Å². The van der Waals surface area contributed by atoms with Crippen LogP contribution in [0.5, 0.6) is 0 Å². The third kappa shape index (κ3) is 5.96. The maximum absolute atomic E-state index is 13.8. The molecule has 4 saturated carbocycles. The molecule has 7 aliphatic rings. The van der Waals surface area contributed by atoms with Gasteiger partial charge in [0.05, 0.1) is 37.6 Å². The first-order valence-electron chi connectivity index (χ1n) is 20.5.